The molecule has 1 N–H and O–H groups in total. The minimum atomic E-state index is -0.737. The lowest BCUT2D eigenvalue weighted by Crippen LogP contribution is -2.56. The molecule has 2 atom stereocenters. The Hall–Kier alpha value is -1.72. The maximum Gasteiger partial charge on any atom is 0.184 e. The Kier molecular flexibility index (Phi) is 4.97. The number of ether oxygens (including phenoxy) is 2. The molecule has 0 aromatic heterocycles. The molecule has 28 heavy (non-hydrogen) atoms. The highest BCUT2D eigenvalue weighted by atomic mass is 16.7. The Bertz CT molecular complexity index is 771. The van der Waals surface area contributed by atoms with Crippen molar-refractivity contribution in [2.24, 2.45) is 0 Å². The summed E-state index contributed by atoms with van der Waals surface area (Å²) in [4.78, 5) is 2.64. The molecule has 0 radical (unpaired) electrons. The predicted molar refractivity (Wildman–Crippen MR) is 108 cm³/mol. The van der Waals surface area contributed by atoms with Gasteiger partial charge in [-0.1, -0.05) is 61.0 Å². The average molecular weight is 380 g/mol. The van der Waals surface area contributed by atoms with Crippen molar-refractivity contribution in [3.05, 3.63) is 71.3 Å². The lowest BCUT2D eigenvalue weighted by Gasteiger charge is -2.52. The van der Waals surface area contributed by atoms with Crippen molar-refractivity contribution in [2.75, 3.05) is 13.2 Å². The van der Waals surface area contributed by atoms with Crippen LogP contribution in [-0.2, 0) is 21.6 Å². The zero-order chi connectivity index (χ0) is 19.0. The van der Waals surface area contributed by atoms with E-state index in [1.54, 1.807) is 0 Å². The largest absolute Gasteiger partial charge is 0.385 e. The molecule has 0 saturated carbocycles. The second-order valence-corrected chi connectivity index (χ2v) is 8.53. The van der Waals surface area contributed by atoms with Gasteiger partial charge in [0.05, 0.1) is 18.8 Å². The molecule has 148 valence electrons. The van der Waals surface area contributed by atoms with Crippen molar-refractivity contribution in [3.63, 3.8) is 0 Å². The van der Waals surface area contributed by atoms with Gasteiger partial charge in [-0.2, -0.15) is 0 Å². The number of aliphatic hydroxyl groups is 1. The van der Waals surface area contributed by atoms with Crippen LogP contribution in [0.3, 0.4) is 0 Å². The number of fused-ring (bicyclic) bond motifs is 2. The molecule has 4 heteroatoms. The van der Waals surface area contributed by atoms with Gasteiger partial charge in [-0.15, -0.1) is 0 Å². The summed E-state index contributed by atoms with van der Waals surface area (Å²) >= 11 is 0. The van der Waals surface area contributed by atoms with Crippen molar-refractivity contribution in [2.45, 2.75) is 62.6 Å². The number of hydrogen-bond acceptors (Lipinski definition) is 4. The van der Waals surface area contributed by atoms with Gasteiger partial charge in [0.2, 0.25) is 0 Å². The SMILES string of the molecule is OC1(c2ccc(C3OCCO3)cc2)CC2CCCC(C1)N2Cc1ccccc1. The zero-order valence-electron chi connectivity index (χ0n) is 16.3. The highest BCUT2D eigenvalue weighted by molar-refractivity contribution is 5.30. The zero-order valence-corrected chi connectivity index (χ0v) is 16.3. The van der Waals surface area contributed by atoms with Crippen molar-refractivity contribution in [1.82, 2.24) is 4.90 Å². The van der Waals surface area contributed by atoms with Crippen LogP contribution in [0.4, 0.5) is 0 Å². The van der Waals surface area contributed by atoms with Gasteiger partial charge in [-0.05, 0) is 36.8 Å². The highest BCUT2D eigenvalue weighted by Crippen LogP contribution is 2.45. The van der Waals surface area contributed by atoms with Crippen LogP contribution in [-0.4, -0.2) is 35.3 Å². The molecule has 2 unspecified atom stereocenters. The second kappa shape index (κ2) is 7.60. The van der Waals surface area contributed by atoms with Crippen LogP contribution < -0.4 is 0 Å². The molecule has 3 saturated heterocycles. The molecule has 2 bridgehead atoms. The third-order valence-corrected chi connectivity index (χ3v) is 6.71. The van der Waals surface area contributed by atoms with Gasteiger partial charge in [0, 0.05) is 24.2 Å². The molecule has 2 aromatic rings. The Morgan fingerprint density at radius 3 is 2.18 bits per heavy atom. The quantitative estimate of drug-likeness (QED) is 0.867. The molecule has 0 spiro atoms. The maximum atomic E-state index is 11.6. The van der Waals surface area contributed by atoms with E-state index in [-0.39, 0.29) is 6.29 Å². The van der Waals surface area contributed by atoms with Crippen LogP contribution in [0.5, 0.6) is 0 Å². The van der Waals surface area contributed by atoms with Crippen LogP contribution in [0.1, 0.15) is 55.1 Å². The molecule has 5 rings (SSSR count). The van der Waals surface area contributed by atoms with Gasteiger partial charge in [-0.3, -0.25) is 4.90 Å². The minimum Gasteiger partial charge on any atom is -0.385 e. The van der Waals surface area contributed by atoms with Crippen molar-refractivity contribution < 1.29 is 14.6 Å². The normalized spacial score (nSPS) is 31.2. The second-order valence-electron chi connectivity index (χ2n) is 8.53. The van der Waals surface area contributed by atoms with E-state index >= 15 is 0 Å². The van der Waals surface area contributed by atoms with Crippen molar-refractivity contribution >= 4 is 0 Å². The molecular formula is C24H29NO3. The van der Waals surface area contributed by atoms with Crippen molar-refractivity contribution in [1.29, 1.82) is 0 Å². The first-order chi connectivity index (χ1) is 13.7. The van der Waals surface area contributed by atoms with Crippen LogP contribution in [0.15, 0.2) is 54.6 Å². The van der Waals surface area contributed by atoms with E-state index in [0.29, 0.717) is 25.3 Å². The van der Waals surface area contributed by atoms with Crippen LogP contribution >= 0.6 is 0 Å². The Labute approximate surface area is 167 Å². The van der Waals surface area contributed by atoms with Gasteiger partial charge < -0.3 is 14.6 Å². The van der Waals surface area contributed by atoms with Gasteiger partial charge in [0.1, 0.15) is 0 Å². The van der Waals surface area contributed by atoms with Gasteiger partial charge in [0.25, 0.3) is 0 Å². The summed E-state index contributed by atoms with van der Waals surface area (Å²) in [6.07, 6.45) is 4.99. The summed E-state index contributed by atoms with van der Waals surface area (Å²) in [5.41, 5.74) is 2.70. The molecule has 0 amide bonds. The van der Waals surface area contributed by atoms with E-state index in [1.165, 1.54) is 24.8 Å². The molecule has 3 heterocycles. The summed E-state index contributed by atoms with van der Waals surface area (Å²) in [6, 6.07) is 19.9. The highest BCUT2D eigenvalue weighted by Gasteiger charge is 2.46. The smallest absolute Gasteiger partial charge is 0.184 e. The van der Waals surface area contributed by atoms with Crippen LogP contribution in [0.25, 0.3) is 0 Å². The number of nitrogens with zero attached hydrogens (tertiary/aromatic N) is 1. The fourth-order valence-corrected chi connectivity index (χ4v) is 5.31. The molecule has 3 fully saturated rings. The monoisotopic (exact) mass is 379 g/mol. The van der Waals surface area contributed by atoms with Gasteiger partial charge in [0.15, 0.2) is 6.29 Å². The summed E-state index contributed by atoms with van der Waals surface area (Å²) in [5, 5.41) is 11.6. The first-order valence-electron chi connectivity index (χ1n) is 10.6. The molecule has 0 aliphatic carbocycles. The summed E-state index contributed by atoms with van der Waals surface area (Å²) in [6.45, 7) is 2.29. The Balaban J connectivity index is 1.34. The molecule has 4 nitrogen and oxygen atoms in total. The molecule has 3 aliphatic heterocycles. The summed E-state index contributed by atoms with van der Waals surface area (Å²) < 4.78 is 11.2. The average Bonchev–Trinajstić information content (AvgIpc) is 3.25. The van der Waals surface area contributed by atoms with E-state index in [0.717, 1.165) is 30.5 Å². The van der Waals surface area contributed by atoms with E-state index in [9.17, 15) is 5.11 Å². The van der Waals surface area contributed by atoms with Gasteiger partial charge >= 0.3 is 0 Å². The molecule has 3 aliphatic rings. The minimum absolute atomic E-state index is 0.254. The third-order valence-electron chi connectivity index (χ3n) is 6.71. The predicted octanol–water partition coefficient (Wildman–Crippen LogP) is 4.14. The Morgan fingerprint density at radius 2 is 1.54 bits per heavy atom. The summed E-state index contributed by atoms with van der Waals surface area (Å²) in [5.74, 6) is 0. The number of piperidine rings is 2. The molecular weight excluding hydrogens is 350 g/mol. The standard InChI is InChI=1S/C24H29NO3/c26-24(20-11-9-19(10-12-20)23-27-13-14-28-23)15-21-7-4-8-22(16-24)25(21)17-18-5-2-1-3-6-18/h1-3,5-6,9-12,21-23,26H,4,7-8,13-17H2. The van der Waals surface area contributed by atoms with E-state index in [4.69, 9.17) is 9.47 Å². The number of rotatable bonds is 4. The third kappa shape index (κ3) is 3.50. The fourth-order valence-electron chi connectivity index (χ4n) is 5.31. The van der Waals surface area contributed by atoms with E-state index in [2.05, 4.69) is 59.5 Å². The number of benzene rings is 2. The summed E-state index contributed by atoms with van der Waals surface area (Å²) in [7, 11) is 0. The van der Waals surface area contributed by atoms with Crippen molar-refractivity contribution in [3.8, 4) is 0 Å². The number of hydrogen-bond donors (Lipinski definition) is 1. The topological polar surface area (TPSA) is 41.9 Å². The van der Waals surface area contributed by atoms with Gasteiger partial charge in [-0.25, -0.2) is 0 Å². The molecule has 2 aromatic carbocycles. The fraction of sp³-hybridized carbons (Fsp3) is 0.500. The van der Waals surface area contributed by atoms with Crippen LogP contribution in [0.2, 0.25) is 0 Å². The van der Waals surface area contributed by atoms with E-state index < -0.39 is 5.60 Å². The first kappa shape index (κ1) is 18.3. The Morgan fingerprint density at radius 1 is 0.893 bits per heavy atom. The maximum absolute atomic E-state index is 11.6. The van der Waals surface area contributed by atoms with Crippen LogP contribution in [0, 0.1) is 0 Å². The lowest BCUT2D eigenvalue weighted by atomic mass is 9.72. The first-order valence-corrected chi connectivity index (χ1v) is 10.6. The van der Waals surface area contributed by atoms with E-state index in [1.807, 2.05) is 0 Å². The lowest BCUT2D eigenvalue weighted by molar-refractivity contribution is -0.1000.